The minimum atomic E-state index is -0.882. The molecule has 9 aromatic carbocycles. The van der Waals surface area contributed by atoms with Crippen LogP contribution in [0.5, 0.6) is 0 Å². The summed E-state index contributed by atoms with van der Waals surface area (Å²) in [7, 11) is 0. The van der Waals surface area contributed by atoms with E-state index in [0.717, 1.165) is 72.6 Å². The Morgan fingerprint density at radius 2 is 0.857 bits per heavy atom. The van der Waals surface area contributed by atoms with Crippen molar-refractivity contribution in [2.24, 2.45) is 0 Å². The number of hydrogen-bond donors (Lipinski definition) is 0. The Labute approximate surface area is 514 Å². The Hall–Kier alpha value is -7.78. The van der Waals surface area contributed by atoms with Crippen molar-refractivity contribution in [1.29, 1.82) is 0 Å². The maximum Gasteiger partial charge on any atom is 0.135 e. The zero-order valence-electron chi connectivity index (χ0n) is 51.0. The van der Waals surface area contributed by atoms with Crippen molar-refractivity contribution in [3.8, 4) is 5.82 Å². The van der Waals surface area contributed by atoms with Crippen LogP contribution in [0.3, 0.4) is 0 Å². The summed E-state index contributed by atoms with van der Waals surface area (Å²) < 4.78 is 2.36. The Morgan fingerprint density at radius 1 is 0.369 bits per heavy atom. The molecule has 5 heteroatoms. The van der Waals surface area contributed by atoms with Crippen LogP contribution in [0.25, 0.3) is 27.6 Å². The fourth-order valence-corrected chi connectivity index (χ4v) is 12.5. The molecule has 0 saturated heterocycles. The monoisotopic (exact) mass is 1280 g/mol. The molecular weight excluding hydrogens is 1200 g/mol. The molecule has 0 amide bonds. The standard InChI is InChI=1S/C79H77N4.Pt/c1-74(2,3)54-36-38-56(39-37-54)78(12,13)60-44-45-80-73(52-60)83-69-43-41-59(77(10,11)55-26-17-14-18-27-55)50-68(69)67-42-40-62(51-72(67)83)79(57-28-19-15-20-29-57,58-30-21-16-22-31-58)61-32-25-33-65(47-61)81-53-82(71-35-24-23-34-70(71)81)66-48-63(75(4,5)6)46-64(49-66)76(7,8)9;/h14-46,48-50,52-53H,1-13H3;/q-3;. The third-order valence-corrected chi connectivity index (χ3v) is 17.9. The van der Waals surface area contributed by atoms with Crippen LogP contribution in [-0.2, 0) is 53.6 Å². The quantitative estimate of drug-likeness (QED) is 0.0953. The minimum absolute atomic E-state index is 0. The van der Waals surface area contributed by atoms with E-state index in [2.05, 4.69) is 342 Å². The average Bonchev–Trinajstić information content (AvgIpc) is 1.62. The molecule has 12 rings (SSSR count). The van der Waals surface area contributed by atoms with E-state index in [4.69, 9.17) is 4.98 Å². The summed E-state index contributed by atoms with van der Waals surface area (Å²) in [5, 5.41) is 2.27. The van der Waals surface area contributed by atoms with Crippen LogP contribution in [0.1, 0.15) is 151 Å². The predicted molar refractivity (Wildman–Crippen MR) is 349 cm³/mol. The van der Waals surface area contributed by atoms with Gasteiger partial charge in [-0.15, -0.1) is 28.9 Å². The zero-order chi connectivity index (χ0) is 58.3. The SMILES string of the molecule is CC(C)(C)c1ccc(C(C)(C)c2ccnc(-n3c4[c-]c(C(c5[c-]c(N6[CH-]N(c7cc(C(C)(C)C)cc(C(C)(C)C)c7)c7ccccc76)ccc5)(c5ccccc5)c5ccccc5)ccc4c4cc(C(C)(C)c5ccccc5)ccc43)c2)cc1.[Pt]. The van der Waals surface area contributed by atoms with Crippen molar-refractivity contribution < 1.29 is 21.1 Å². The summed E-state index contributed by atoms with van der Waals surface area (Å²) in [6, 6.07) is 89.2. The van der Waals surface area contributed by atoms with Gasteiger partial charge >= 0.3 is 0 Å². The molecule has 1 aliphatic heterocycles. The Kier molecular flexibility index (Phi) is 15.0. The van der Waals surface area contributed by atoms with E-state index < -0.39 is 5.41 Å². The second-order valence-electron chi connectivity index (χ2n) is 27.1. The van der Waals surface area contributed by atoms with Gasteiger partial charge < -0.3 is 14.4 Å². The molecular formula is C79H77N4Pt-3. The van der Waals surface area contributed by atoms with Gasteiger partial charge in [0.1, 0.15) is 5.82 Å². The third kappa shape index (κ3) is 10.2. The van der Waals surface area contributed by atoms with Gasteiger partial charge in [0.25, 0.3) is 0 Å². The summed E-state index contributed by atoms with van der Waals surface area (Å²) in [5.74, 6) is 0.847. The number of aromatic nitrogens is 2. The number of hydrogen-bond acceptors (Lipinski definition) is 3. The Balaban J connectivity index is 0.00000736. The van der Waals surface area contributed by atoms with Gasteiger partial charge in [0.2, 0.25) is 0 Å². The van der Waals surface area contributed by atoms with Crippen molar-refractivity contribution in [3.63, 3.8) is 0 Å². The van der Waals surface area contributed by atoms with E-state index in [-0.39, 0.29) is 48.1 Å². The van der Waals surface area contributed by atoms with Crippen LogP contribution in [-0.4, -0.2) is 9.55 Å². The molecule has 426 valence electrons. The number of anilines is 4. The molecule has 3 heterocycles. The number of nitrogens with zero attached hydrogens (tertiary/aromatic N) is 4. The van der Waals surface area contributed by atoms with Gasteiger partial charge in [-0.2, -0.15) is 42.5 Å². The first-order chi connectivity index (χ1) is 39.5. The number of para-hydroxylation sites is 2. The Morgan fingerprint density at radius 3 is 1.43 bits per heavy atom. The number of benzene rings is 9. The zero-order valence-corrected chi connectivity index (χ0v) is 53.3. The van der Waals surface area contributed by atoms with Crippen LogP contribution in [0.4, 0.5) is 22.7 Å². The van der Waals surface area contributed by atoms with Crippen LogP contribution in [0.2, 0.25) is 0 Å². The van der Waals surface area contributed by atoms with Gasteiger partial charge in [0.15, 0.2) is 0 Å². The average molecular weight is 1280 g/mol. The second kappa shape index (κ2) is 21.7. The van der Waals surface area contributed by atoms with Crippen LogP contribution in [0, 0.1) is 18.8 Å². The van der Waals surface area contributed by atoms with Gasteiger partial charge in [-0.3, -0.25) is 0 Å². The topological polar surface area (TPSA) is 24.3 Å². The fraction of sp³-hybridized carbons (Fsp3) is 0.241. The summed E-state index contributed by atoms with van der Waals surface area (Å²) in [4.78, 5) is 9.96. The van der Waals surface area contributed by atoms with E-state index in [1.54, 1.807) is 0 Å². The molecule has 0 atom stereocenters. The second-order valence-corrected chi connectivity index (χ2v) is 27.1. The van der Waals surface area contributed by atoms with Gasteiger partial charge in [0.05, 0.1) is 0 Å². The number of pyridine rings is 1. The van der Waals surface area contributed by atoms with Crippen molar-refractivity contribution >= 4 is 44.6 Å². The summed E-state index contributed by atoms with van der Waals surface area (Å²) in [6.07, 6.45) is 1.99. The minimum Gasteiger partial charge on any atom is -0.493 e. The molecule has 0 saturated carbocycles. The molecule has 0 aliphatic carbocycles. The van der Waals surface area contributed by atoms with Crippen molar-refractivity contribution in [3.05, 3.63) is 305 Å². The summed E-state index contributed by atoms with van der Waals surface area (Å²) in [5.41, 5.74) is 18.0. The number of rotatable bonds is 11. The van der Waals surface area contributed by atoms with Crippen molar-refractivity contribution in [1.82, 2.24) is 9.55 Å². The molecule has 0 radical (unpaired) electrons. The molecule has 0 unspecified atom stereocenters. The van der Waals surface area contributed by atoms with Gasteiger partial charge in [0, 0.05) is 66.1 Å². The van der Waals surface area contributed by atoms with Gasteiger partial charge in [-0.05, 0) is 114 Å². The molecule has 4 nitrogen and oxygen atoms in total. The molecule has 0 spiro atoms. The molecule has 2 aromatic heterocycles. The fourth-order valence-electron chi connectivity index (χ4n) is 12.5. The maximum atomic E-state index is 5.28. The van der Waals surface area contributed by atoms with E-state index in [1.165, 1.54) is 38.9 Å². The molecule has 0 fully saturated rings. The van der Waals surface area contributed by atoms with E-state index in [0.29, 0.717) is 0 Å². The van der Waals surface area contributed by atoms with Gasteiger partial charge in [-0.25, -0.2) is 4.98 Å². The predicted octanol–water partition coefficient (Wildman–Crippen LogP) is 20.1. The first-order valence-corrected chi connectivity index (χ1v) is 29.5. The maximum absolute atomic E-state index is 5.28. The normalized spacial score (nSPS) is 13.3. The first kappa shape index (κ1) is 58.0. The molecule has 0 N–H and O–H groups in total. The van der Waals surface area contributed by atoms with Crippen molar-refractivity contribution in [2.75, 3.05) is 9.80 Å². The molecule has 1 aliphatic rings. The summed E-state index contributed by atoms with van der Waals surface area (Å²) >= 11 is 0. The smallest absolute Gasteiger partial charge is 0.135 e. The van der Waals surface area contributed by atoms with E-state index in [9.17, 15) is 0 Å². The molecule has 0 bridgehead atoms. The third-order valence-electron chi connectivity index (χ3n) is 17.9. The molecule has 84 heavy (non-hydrogen) atoms. The largest absolute Gasteiger partial charge is 0.493 e. The van der Waals surface area contributed by atoms with Crippen LogP contribution in [0.15, 0.2) is 225 Å². The van der Waals surface area contributed by atoms with E-state index in [1.807, 2.05) is 6.20 Å². The van der Waals surface area contributed by atoms with Crippen LogP contribution < -0.4 is 9.80 Å². The van der Waals surface area contributed by atoms with E-state index >= 15 is 0 Å². The number of fused-ring (bicyclic) bond motifs is 4. The molecule has 11 aromatic rings. The van der Waals surface area contributed by atoms with Crippen LogP contribution >= 0.6 is 0 Å². The van der Waals surface area contributed by atoms with Gasteiger partial charge in [-0.1, -0.05) is 241 Å². The summed E-state index contributed by atoms with van der Waals surface area (Å²) in [6.45, 7) is 32.2. The first-order valence-electron chi connectivity index (χ1n) is 29.5. The Bertz CT molecular complexity index is 4100. The van der Waals surface area contributed by atoms with Crippen molar-refractivity contribution in [2.45, 2.75) is 122 Å².